The van der Waals surface area contributed by atoms with Crippen molar-refractivity contribution in [2.24, 2.45) is 0 Å². The van der Waals surface area contributed by atoms with Crippen molar-refractivity contribution < 1.29 is 13.9 Å². The minimum Gasteiger partial charge on any atom is -0.366 e. The Kier molecular flexibility index (Phi) is 2.11. The Morgan fingerprint density at radius 2 is 2.36 bits per heavy atom. The van der Waals surface area contributed by atoms with Gasteiger partial charge in [-0.25, -0.2) is 4.39 Å². The second-order valence-corrected chi connectivity index (χ2v) is 3.48. The van der Waals surface area contributed by atoms with Gasteiger partial charge in [0.15, 0.2) is 6.29 Å². The molecule has 0 spiro atoms. The lowest BCUT2D eigenvalue weighted by atomic mass is 9.97. The lowest BCUT2D eigenvalue weighted by Gasteiger charge is -2.21. The van der Waals surface area contributed by atoms with E-state index in [9.17, 15) is 9.18 Å². The van der Waals surface area contributed by atoms with Crippen molar-refractivity contribution >= 4 is 6.29 Å². The van der Waals surface area contributed by atoms with Crippen molar-refractivity contribution in [3.05, 3.63) is 35.1 Å². The van der Waals surface area contributed by atoms with Crippen molar-refractivity contribution in [2.45, 2.75) is 18.4 Å². The van der Waals surface area contributed by atoms with E-state index in [0.717, 1.165) is 6.29 Å². The zero-order valence-electron chi connectivity index (χ0n) is 7.92. The lowest BCUT2D eigenvalue weighted by Crippen LogP contribution is -2.27. The highest BCUT2D eigenvalue weighted by molar-refractivity contribution is 5.69. The number of ether oxygens (including phenoxy) is 1. The minimum atomic E-state index is -0.919. The monoisotopic (exact) mass is 194 g/mol. The van der Waals surface area contributed by atoms with Crippen LogP contribution in [-0.2, 0) is 21.6 Å². The highest BCUT2D eigenvalue weighted by Crippen LogP contribution is 2.38. The van der Waals surface area contributed by atoms with E-state index in [1.54, 1.807) is 12.1 Å². The van der Waals surface area contributed by atoms with Crippen LogP contribution in [-0.4, -0.2) is 13.4 Å². The van der Waals surface area contributed by atoms with Gasteiger partial charge in [-0.1, -0.05) is 12.1 Å². The van der Waals surface area contributed by atoms with Crippen molar-refractivity contribution in [1.29, 1.82) is 0 Å². The Hall–Kier alpha value is -1.22. The second-order valence-electron chi connectivity index (χ2n) is 3.48. The summed E-state index contributed by atoms with van der Waals surface area (Å²) < 4.78 is 18.5. The van der Waals surface area contributed by atoms with E-state index >= 15 is 0 Å². The molecule has 0 saturated carbocycles. The molecule has 0 N–H and O–H groups in total. The van der Waals surface area contributed by atoms with Gasteiger partial charge in [0.1, 0.15) is 11.4 Å². The number of methoxy groups -OCH3 is 1. The van der Waals surface area contributed by atoms with Gasteiger partial charge < -0.3 is 4.74 Å². The van der Waals surface area contributed by atoms with Gasteiger partial charge in [-0.2, -0.15) is 0 Å². The molecule has 14 heavy (non-hydrogen) atoms. The van der Waals surface area contributed by atoms with Crippen LogP contribution in [0.3, 0.4) is 0 Å². The molecule has 0 amide bonds. The van der Waals surface area contributed by atoms with Crippen LogP contribution in [0.15, 0.2) is 18.2 Å². The fourth-order valence-electron chi connectivity index (χ4n) is 2.04. The highest BCUT2D eigenvalue weighted by atomic mass is 19.1. The molecule has 0 saturated heterocycles. The first kappa shape index (κ1) is 9.34. The molecule has 0 heterocycles. The van der Waals surface area contributed by atoms with Crippen molar-refractivity contribution in [1.82, 2.24) is 0 Å². The maximum absolute atomic E-state index is 13.3. The van der Waals surface area contributed by atoms with Gasteiger partial charge in [0.05, 0.1) is 0 Å². The fraction of sp³-hybridized carbons (Fsp3) is 0.364. The summed E-state index contributed by atoms with van der Waals surface area (Å²) >= 11 is 0. The maximum atomic E-state index is 13.3. The fourth-order valence-corrected chi connectivity index (χ4v) is 2.04. The van der Waals surface area contributed by atoms with Crippen LogP contribution in [0, 0.1) is 5.82 Å². The standard InChI is InChI=1S/C11H11FO2/c1-14-11(7-13)6-5-8-9(11)3-2-4-10(8)12/h2-4,7H,5-6H2,1H3. The molecular formula is C11H11FO2. The molecule has 0 bridgehead atoms. The third kappa shape index (κ3) is 1.09. The quantitative estimate of drug-likeness (QED) is 0.671. The maximum Gasteiger partial charge on any atom is 0.156 e. The molecule has 2 rings (SSSR count). The molecule has 1 aromatic rings. The van der Waals surface area contributed by atoms with Crippen LogP contribution in [0.5, 0.6) is 0 Å². The predicted octanol–water partition coefficient (Wildman–Crippen LogP) is 1.81. The smallest absolute Gasteiger partial charge is 0.156 e. The van der Waals surface area contributed by atoms with E-state index in [2.05, 4.69) is 0 Å². The van der Waals surface area contributed by atoms with E-state index in [-0.39, 0.29) is 5.82 Å². The van der Waals surface area contributed by atoms with Crippen molar-refractivity contribution in [3.8, 4) is 0 Å². The number of aldehydes is 1. The molecule has 0 radical (unpaired) electrons. The molecule has 1 atom stereocenters. The van der Waals surface area contributed by atoms with Gasteiger partial charge in [0.25, 0.3) is 0 Å². The number of carbonyl (C=O) groups excluding carboxylic acids is 1. The highest BCUT2D eigenvalue weighted by Gasteiger charge is 2.39. The zero-order chi connectivity index (χ0) is 10.2. The van der Waals surface area contributed by atoms with Crippen molar-refractivity contribution in [2.75, 3.05) is 7.11 Å². The molecule has 0 aliphatic heterocycles. The zero-order valence-corrected chi connectivity index (χ0v) is 7.92. The largest absolute Gasteiger partial charge is 0.366 e. The van der Waals surface area contributed by atoms with Crippen LogP contribution in [0.2, 0.25) is 0 Å². The van der Waals surface area contributed by atoms with Crippen LogP contribution in [0.25, 0.3) is 0 Å². The summed E-state index contributed by atoms with van der Waals surface area (Å²) in [6.07, 6.45) is 1.86. The van der Waals surface area contributed by atoms with Gasteiger partial charge in [0, 0.05) is 7.11 Å². The Morgan fingerprint density at radius 1 is 1.57 bits per heavy atom. The third-order valence-electron chi connectivity index (χ3n) is 2.88. The predicted molar refractivity (Wildman–Crippen MR) is 49.5 cm³/mol. The van der Waals surface area contributed by atoms with Crippen LogP contribution < -0.4 is 0 Å². The molecule has 1 aromatic carbocycles. The molecule has 3 heteroatoms. The van der Waals surface area contributed by atoms with Crippen LogP contribution >= 0.6 is 0 Å². The van der Waals surface area contributed by atoms with E-state index in [1.165, 1.54) is 13.2 Å². The molecular weight excluding hydrogens is 183 g/mol. The topological polar surface area (TPSA) is 26.3 Å². The van der Waals surface area contributed by atoms with Gasteiger partial charge in [-0.3, -0.25) is 4.79 Å². The first-order valence-corrected chi connectivity index (χ1v) is 4.53. The summed E-state index contributed by atoms with van der Waals surface area (Å²) in [5.41, 5.74) is 0.369. The van der Waals surface area contributed by atoms with E-state index < -0.39 is 5.60 Å². The molecule has 1 aliphatic rings. The normalized spacial score (nSPS) is 24.7. The molecule has 1 aliphatic carbocycles. The number of hydrogen-bond donors (Lipinski definition) is 0. The number of fused-ring (bicyclic) bond motifs is 1. The lowest BCUT2D eigenvalue weighted by molar-refractivity contribution is -0.128. The Balaban J connectivity index is 2.59. The summed E-state index contributed by atoms with van der Waals surface area (Å²) in [5.74, 6) is -0.247. The number of benzene rings is 1. The molecule has 74 valence electrons. The van der Waals surface area contributed by atoms with Gasteiger partial charge in [0.2, 0.25) is 0 Å². The summed E-state index contributed by atoms with van der Waals surface area (Å²) in [6.45, 7) is 0. The molecule has 0 fully saturated rings. The summed E-state index contributed by atoms with van der Waals surface area (Å²) in [6, 6.07) is 4.77. The van der Waals surface area contributed by atoms with Crippen LogP contribution in [0.4, 0.5) is 4.39 Å². The first-order valence-electron chi connectivity index (χ1n) is 4.53. The van der Waals surface area contributed by atoms with Gasteiger partial charge >= 0.3 is 0 Å². The van der Waals surface area contributed by atoms with E-state index in [4.69, 9.17) is 4.74 Å². The summed E-state index contributed by atoms with van der Waals surface area (Å²) in [5, 5.41) is 0. The number of carbonyl (C=O) groups is 1. The number of rotatable bonds is 2. The van der Waals surface area contributed by atoms with Crippen molar-refractivity contribution in [3.63, 3.8) is 0 Å². The van der Waals surface area contributed by atoms with Gasteiger partial charge in [-0.05, 0) is 30.0 Å². The number of hydrogen-bond acceptors (Lipinski definition) is 2. The van der Waals surface area contributed by atoms with Crippen LogP contribution in [0.1, 0.15) is 17.5 Å². The third-order valence-corrected chi connectivity index (χ3v) is 2.88. The molecule has 0 aromatic heterocycles. The Labute approximate surface area is 81.7 Å². The Bertz CT molecular complexity index is 376. The first-order chi connectivity index (χ1) is 6.73. The average Bonchev–Trinajstić information content (AvgIpc) is 2.59. The van der Waals surface area contributed by atoms with E-state index in [0.29, 0.717) is 24.0 Å². The molecule has 2 nitrogen and oxygen atoms in total. The summed E-state index contributed by atoms with van der Waals surface area (Å²) in [4.78, 5) is 11.0. The number of halogens is 1. The minimum absolute atomic E-state index is 0.247. The van der Waals surface area contributed by atoms with Gasteiger partial charge in [-0.15, -0.1) is 0 Å². The second kappa shape index (κ2) is 3.17. The summed E-state index contributed by atoms with van der Waals surface area (Å²) in [7, 11) is 1.48. The average molecular weight is 194 g/mol. The van der Waals surface area contributed by atoms with E-state index in [1.807, 2.05) is 0 Å². The molecule has 1 unspecified atom stereocenters. The SMILES string of the molecule is COC1(C=O)CCc2c(F)cccc21. The Morgan fingerprint density at radius 3 is 3.00 bits per heavy atom.